The quantitative estimate of drug-likeness (QED) is 0.757. The van der Waals surface area contributed by atoms with E-state index in [0.717, 1.165) is 12.1 Å². The smallest absolute Gasteiger partial charge is 0.248 e. The first-order valence-electron chi connectivity index (χ1n) is 6.86. The van der Waals surface area contributed by atoms with Crippen LogP contribution in [0.3, 0.4) is 0 Å². The first-order valence-corrected chi connectivity index (χ1v) is 7.65. The summed E-state index contributed by atoms with van der Waals surface area (Å²) in [5.74, 6) is -2.02. The second-order valence-electron chi connectivity index (χ2n) is 4.86. The van der Waals surface area contributed by atoms with Gasteiger partial charge in [0.25, 0.3) is 0 Å². The number of nitrogens with one attached hydrogen (secondary N) is 2. The normalized spacial score (nSPS) is 10.7. The van der Waals surface area contributed by atoms with Gasteiger partial charge in [-0.25, -0.2) is 8.78 Å². The van der Waals surface area contributed by atoms with Crippen LogP contribution in [0.25, 0.3) is 6.08 Å². The zero-order chi connectivity index (χ0) is 17.7. The number of carbonyl (C=O) groups is 2. The van der Waals surface area contributed by atoms with Crippen molar-refractivity contribution in [3.8, 4) is 0 Å². The molecule has 0 saturated heterocycles. The van der Waals surface area contributed by atoms with E-state index < -0.39 is 23.4 Å². The number of amides is 2. The van der Waals surface area contributed by atoms with E-state index in [1.54, 1.807) is 6.07 Å². The Bertz CT molecular complexity index is 822. The fourth-order valence-electron chi connectivity index (χ4n) is 1.88. The Hall–Kier alpha value is -2.54. The molecule has 0 fully saturated rings. The standard InChI is InChI=1S/C17H13BrF2N2O2/c1-10(23)21-16-9-13(4-6-15(16)20)22-17(24)7-2-11-8-12(18)3-5-14(11)19/h2-9H,1H3,(H,21,23)(H,22,24)/b7-2+. The lowest BCUT2D eigenvalue weighted by molar-refractivity contribution is -0.114. The summed E-state index contributed by atoms with van der Waals surface area (Å²) in [5, 5.41) is 4.83. The van der Waals surface area contributed by atoms with Gasteiger partial charge in [-0.15, -0.1) is 0 Å². The van der Waals surface area contributed by atoms with Crippen LogP contribution >= 0.6 is 15.9 Å². The average Bonchev–Trinajstić information content (AvgIpc) is 2.51. The number of carbonyl (C=O) groups excluding carboxylic acids is 2. The SMILES string of the molecule is CC(=O)Nc1cc(NC(=O)/C=C/c2cc(Br)ccc2F)ccc1F. The first kappa shape index (κ1) is 17.8. The summed E-state index contributed by atoms with van der Waals surface area (Å²) < 4.78 is 27.8. The number of benzene rings is 2. The van der Waals surface area contributed by atoms with Crippen molar-refractivity contribution < 1.29 is 18.4 Å². The third-order valence-corrected chi connectivity index (χ3v) is 3.41. The molecule has 2 N–H and O–H groups in total. The van der Waals surface area contributed by atoms with E-state index in [9.17, 15) is 18.4 Å². The van der Waals surface area contributed by atoms with Crippen LogP contribution in [0.1, 0.15) is 12.5 Å². The van der Waals surface area contributed by atoms with Gasteiger partial charge in [0.05, 0.1) is 5.69 Å². The molecule has 0 unspecified atom stereocenters. The molecule has 0 heterocycles. The highest BCUT2D eigenvalue weighted by atomic mass is 79.9. The fraction of sp³-hybridized carbons (Fsp3) is 0.0588. The highest BCUT2D eigenvalue weighted by Gasteiger charge is 2.07. The summed E-state index contributed by atoms with van der Waals surface area (Å²) in [6.45, 7) is 1.25. The van der Waals surface area contributed by atoms with Gasteiger partial charge in [-0.3, -0.25) is 9.59 Å². The molecule has 2 rings (SSSR count). The van der Waals surface area contributed by atoms with Crippen molar-refractivity contribution in [1.29, 1.82) is 0 Å². The summed E-state index contributed by atoms with van der Waals surface area (Å²) in [6, 6.07) is 8.13. The van der Waals surface area contributed by atoms with E-state index in [4.69, 9.17) is 0 Å². The van der Waals surface area contributed by atoms with Crippen molar-refractivity contribution >= 4 is 45.2 Å². The van der Waals surface area contributed by atoms with Crippen molar-refractivity contribution in [1.82, 2.24) is 0 Å². The lowest BCUT2D eigenvalue weighted by atomic mass is 10.2. The van der Waals surface area contributed by atoms with Gasteiger partial charge < -0.3 is 10.6 Å². The molecule has 0 spiro atoms. The van der Waals surface area contributed by atoms with Crippen LogP contribution in [0.5, 0.6) is 0 Å². The van der Waals surface area contributed by atoms with Gasteiger partial charge in [-0.05, 0) is 42.5 Å². The Balaban J connectivity index is 2.11. The number of hydrogen-bond donors (Lipinski definition) is 2. The summed E-state index contributed by atoms with van der Waals surface area (Å²) >= 11 is 3.22. The van der Waals surface area contributed by atoms with E-state index in [0.29, 0.717) is 10.2 Å². The van der Waals surface area contributed by atoms with E-state index in [1.165, 1.54) is 37.3 Å². The molecular weight excluding hydrogens is 382 g/mol. The zero-order valence-electron chi connectivity index (χ0n) is 12.6. The van der Waals surface area contributed by atoms with Crippen LogP contribution in [0.4, 0.5) is 20.2 Å². The summed E-state index contributed by atoms with van der Waals surface area (Å²) in [4.78, 5) is 22.9. The van der Waals surface area contributed by atoms with Gasteiger partial charge in [0.2, 0.25) is 11.8 Å². The third-order valence-electron chi connectivity index (χ3n) is 2.92. The number of hydrogen-bond acceptors (Lipinski definition) is 2. The van der Waals surface area contributed by atoms with Crippen LogP contribution < -0.4 is 10.6 Å². The topological polar surface area (TPSA) is 58.2 Å². The number of anilines is 2. The van der Waals surface area contributed by atoms with E-state index in [-0.39, 0.29) is 11.3 Å². The Morgan fingerprint density at radius 3 is 2.46 bits per heavy atom. The van der Waals surface area contributed by atoms with Crippen LogP contribution in [0.15, 0.2) is 46.9 Å². The lowest BCUT2D eigenvalue weighted by Crippen LogP contribution is -2.10. The van der Waals surface area contributed by atoms with E-state index in [1.807, 2.05) is 0 Å². The Morgan fingerprint density at radius 2 is 1.75 bits per heavy atom. The minimum atomic E-state index is -0.616. The maximum atomic E-state index is 13.6. The first-order chi connectivity index (χ1) is 11.3. The highest BCUT2D eigenvalue weighted by Crippen LogP contribution is 2.20. The molecule has 0 radical (unpaired) electrons. The molecule has 7 heteroatoms. The molecule has 124 valence electrons. The third kappa shape index (κ3) is 4.99. The minimum Gasteiger partial charge on any atom is -0.324 e. The Morgan fingerprint density at radius 1 is 1.04 bits per heavy atom. The molecule has 0 aliphatic carbocycles. The van der Waals surface area contributed by atoms with Gasteiger partial charge in [-0.1, -0.05) is 15.9 Å². The van der Waals surface area contributed by atoms with Gasteiger partial charge in [0, 0.05) is 28.7 Å². The molecule has 0 aliphatic heterocycles. The lowest BCUT2D eigenvalue weighted by Gasteiger charge is -2.07. The van der Waals surface area contributed by atoms with Crippen molar-refractivity contribution in [3.63, 3.8) is 0 Å². The van der Waals surface area contributed by atoms with Crippen molar-refractivity contribution in [2.75, 3.05) is 10.6 Å². The van der Waals surface area contributed by atoms with Gasteiger partial charge in [-0.2, -0.15) is 0 Å². The maximum Gasteiger partial charge on any atom is 0.248 e. The van der Waals surface area contributed by atoms with Crippen molar-refractivity contribution in [3.05, 3.63) is 64.1 Å². The van der Waals surface area contributed by atoms with Crippen LogP contribution in [0.2, 0.25) is 0 Å². The van der Waals surface area contributed by atoms with Gasteiger partial charge in [0.15, 0.2) is 0 Å². The molecule has 0 saturated carbocycles. The molecule has 24 heavy (non-hydrogen) atoms. The fourth-order valence-corrected chi connectivity index (χ4v) is 2.26. The van der Waals surface area contributed by atoms with Gasteiger partial charge in [0.1, 0.15) is 11.6 Å². The molecule has 2 aromatic rings. The Labute approximate surface area is 145 Å². The summed E-state index contributed by atoms with van der Waals surface area (Å²) in [6.07, 6.45) is 2.49. The second-order valence-corrected chi connectivity index (χ2v) is 5.78. The van der Waals surface area contributed by atoms with Crippen molar-refractivity contribution in [2.45, 2.75) is 6.92 Å². The number of halogens is 3. The van der Waals surface area contributed by atoms with Crippen LogP contribution in [0, 0.1) is 11.6 Å². The van der Waals surface area contributed by atoms with Crippen LogP contribution in [-0.4, -0.2) is 11.8 Å². The molecule has 0 aliphatic rings. The predicted octanol–water partition coefficient (Wildman–Crippen LogP) is 4.34. The molecular formula is C17H13BrF2N2O2. The van der Waals surface area contributed by atoms with Gasteiger partial charge >= 0.3 is 0 Å². The summed E-state index contributed by atoms with van der Waals surface area (Å²) in [5.41, 5.74) is 0.504. The van der Waals surface area contributed by atoms with Crippen LogP contribution in [-0.2, 0) is 9.59 Å². The average molecular weight is 395 g/mol. The Kier molecular flexibility index (Phi) is 5.81. The monoisotopic (exact) mass is 394 g/mol. The van der Waals surface area contributed by atoms with E-state index in [2.05, 4.69) is 26.6 Å². The largest absolute Gasteiger partial charge is 0.324 e. The number of rotatable bonds is 4. The molecule has 0 bridgehead atoms. The zero-order valence-corrected chi connectivity index (χ0v) is 14.2. The second kappa shape index (κ2) is 7.83. The molecule has 0 atom stereocenters. The minimum absolute atomic E-state index is 0.0395. The molecule has 2 amide bonds. The maximum absolute atomic E-state index is 13.6. The molecule has 2 aromatic carbocycles. The molecule has 4 nitrogen and oxygen atoms in total. The van der Waals surface area contributed by atoms with E-state index >= 15 is 0 Å². The molecule has 0 aromatic heterocycles. The highest BCUT2D eigenvalue weighted by molar-refractivity contribution is 9.10. The predicted molar refractivity (Wildman–Crippen MR) is 92.5 cm³/mol. The van der Waals surface area contributed by atoms with Crippen molar-refractivity contribution in [2.24, 2.45) is 0 Å². The summed E-state index contributed by atoms with van der Waals surface area (Å²) in [7, 11) is 0.